The molecule has 0 saturated carbocycles. The van der Waals surface area contributed by atoms with Gasteiger partial charge in [0.15, 0.2) is 0 Å². The normalized spacial score (nSPS) is 11.5. The second-order valence-corrected chi connectivity index (χ2v) is 13.3. The van der Waals surface area contributed by atoms with Gasteiger partial charge < -0.3 is 24.1 Å². The van der Waals surface area contributed by atoms with Crippen molar-refractivity contribution < 1.29 is 23.8 Å². The van der Waals surface area contributed by atoms with E-state index in [1.807, 2.05) is 77.3 Å². The lowest BCUT2D eigenvalue weighted by atomic mass is 9.98. The smallest absolute Gasteiger partial charge is 0.407 e. The zero-order valence-corrected chi connectivity index (χ0v) is 30.0. The Morgan fingerprint density at radius 3 is 2.23 bits per heavy atom. The molecule has 1 N–H and O–H groups in total. The predicted octanol–water partition coefficient (Wildman–Crippen LogP) is 8.74. The van der Waals surface area contributed by atoms with Crippen LogP contribution in [0.4, 0.5) is 4.79 Å². The van der Waals surface area contributed by atoms with Crippen LogP contribution in [0.5, 0.6) is 5.75 Å². The number of carbonyl (C=O) groups excluding carboxylic acids is 2. The van der Waals surface area contributed by atoms with Gasteiger partial charge in [0.2, 0.25) is 0 Å². The van der Waals surface area contributed by atoms with Gasteiger partial charge in [-0.2, -0.15) is 0 Å². The van der Waals surface area contributed by atoms with Crippen molar-refractivity contribution in [2.24, 2.45) is 0 Å². The molecule has 0 fully saturated rings. The van der Waals surface area contributed by atoms with E-state index in [9.17, 15) is 9.59 Å². The Kier molecular flexibility index (Phi) is 11.8. The molecule has 0 aliphatic carbocycles. The quantitative estimate of drug-likeness (QED) is 0.118. The summed E-state index contributed by atoms with van der Waals surface area (Å²) in [4.78, 5) is 35.0. The minimum Gasteiger partial charge on any atom is -0.494 e. The molecule has 0 aliphatic rings. The monoisotopic (exact) mass is 682 g/mol. The second kappa shape index (κ2) is 15.4. The molecule has 0 atom stereocenters. The van der Waals surface area contributed by atoms with Crippen LogP contribution < -0.4 is 10.1 Å². The summed E-state index contributed by atoms with van der Waals surface area (Å²) in [5.74, 6) is 0.322. The first-order valence-corrected chi connectivity index (χ1v) is 16.6. The standard InChI is InChI=1S/C36H44Cl2N4O5/c1-9-45-34(43)33-26(12-10-17-46-25-18-21(2)31(38)22(3)19-25)27-13-14-28(37)30(29-23(4)40-20-41-24(29)5)32(27)42(33)16-11-15-39-35(44)47-36(6,7)8/h13-14,18-20H,9-12,15-17H2,1-8H3,(H,39,44). The second-order valence-electron chi connectivity index (χ2n) is 12.5. The zero-order chi connectivity index (χ0) is 34.5. The molecular weight excluding hydrogens is 639 g/mol. The number of nitrogens with zero attached hydrogens (tertiary/aromatic N) is 3. The number of fused-ring (bicyclic) bond motifs is 1. The molecule has 2 aromatic heterocycles. The van der Waals surface area contributed by atoms with Crippen LogP contribution in [0.15, 0.2) is 30.6 Å². The molecule has 0 saturated heterocycles. The molecule has 2 aromatic carbocycles. The van der Waals surface area contributed by atoms with E-state index in [1.54, 1.807) is 6.92 Å². The molecule has 47 heavy (non-hydrogen) atoms. The molecule has 0 unspecified atom stereocenters. The van der Waals surface area contributed by atoms with Gasteiger partial charge in [0.25, 0.3) is 0 Å². The third-order valence-corrected chi connectivity index (χ3v) is 8.61. The van der Waals surface area contributed by atoms with Crippen molar-refractivity contribution in [3.8, 4) is 16.9 Å². The fourth-order valence-electron chi connectivity index (χ4n) is 5.77. The molecule has 4 aromatic rings. The zero-order valence-electron chi connectivity index (χ0n) is 28.5. The molecule has 0 aliphatic heterocycles. The fraction of sp³-hybridized carbons (Fsp3) is 0.444. The highest BCUT2D eigenvalue weighted by atomic mass is 35.5. The third kappa shape index (κ3) is 8.56. The molecule has 4 rings (SSSR count). The minimum atomic E-state index is -0.610. The highest BCUT2D eigenvalue weighted by molar-refractivity contribution is 6.35. The van der Waals surface area contributed by atoms with E-state index in [2.05, 4.69) is 15.3 Å². The molecule has 9 nitrogen and oxygen atoms in total. The number of carbonyl (C=O) groups is 2. The van der Waals surface area contributed by atoms with Crippen molar-refractivity contribution in [2.45, 2.75) is 86.8 Å². The number of halogens is 2. The summed E-state index contributed by atoms with van der Waals surface area (Å²) in [6, 6.07) is 7.67. The van der Waals surface area contributed by atoms with E-state index in [0.29, 0.717) is 49.7 Å². The number of aryl methyl sites for hydroxylation is 6. The van der Waals surface area contributed by atoms with Crippen LogP contribution in [0.3, 0.4) is 0 Å². The highest BCUT2D eigenvalue weighted by Crippen LogP contribution is 2.41. The number of amides is 1. The van der Waals surface area contributed by atoms with E-state index in [1.165, 1.54) is 6.33 Å². The number of hydrogen-bond acceptors (Lipinski definition) is 7. The molecular formula is C36H44Cl2N4O5. The summed E-state index contributed by atoms with van der Waals surface area (Å²) in [6.45, 7) is 16.4. The van der Waals surface area contributed by atoms with Crippen molar-refractivity contribution in [1.82, 2.24) is 19.9 Å². The van der Waals surface area contributed by atoms with Crippen molar-refractivity contribution >= 4 is 46.2 Å². The van der Waals surface area contributed by atoms with E-state index < -0.39 is 17.7 Å². The highest BCUT2D eigenvalue weighted by Gasteiger charge is 2.28. The minimum absolute atomic E-state index is 0.219. The van der Waals surface area contributed by atoms with Gasteiger partial charge in [-0.05, 0) is 110 Å². The first-order valence-electron chi connectivity index (χ1n) is 15.9. The lowest BCUT2D eigenvalue weighted by Gasteiger charge is -2.20. The maximum absolute atomic E-state index is 13.7. The Balaban J connectivity index is 1.77. The van der Waals surface area contributed by atoms with Gasteiger partial charge in [-0.15, -0.1) is 0 Å². The van der Waals surface area contributed by atoms with E-state index in [-0.39, 0.29) is 6.61 Å². The largest absolute Gasteiger partial charge is 0.494 e. The summed E-state index contributed by atoms with van der Waals surface area (Å²) in [6.07, 6.45) is 2.73. The van der Waals surface area contributed by atoms with E-state index >= 15 is 0 Å². The Bertz CT molecular complexity index is 1730. The Hall–Kier alpha value is -3.82. The summed E-state index contributed by atoms with van der Waals surface area (Å²) in [7, 11) is 0. The molecule has 1 amide bonds. The van der Waals surface area contributed by atoms with E-state index in [4.69, 9.17) is 37.4 Å². The molecule has 252 valence electrons. The molecule has 11 heteroatoms. The number of nitrogens with one attached hydrogen (secondary N) is 1. The van der Waals surface area contributed by atoms with Crippen molar-refractivity contribution in [1.29, 1.82) is 0 Å². The Labute approximate surface area is 286 Å². The van der Waals surface area contributed by atoms with Crippen LogP contribution >= 0.6 is 23.2 Å². The molecule has 0 radical (unpaired) electrons. The lowest BCUT2D eigenvalue weighted by Crippen LogP contribution is -2.33. The van der Waals surface area contributed by atoms with Crippen LogP contribution in [-0.4, -0.2) is 52.0 Å². The van der Waals surface area contributed by atoms with Gasteiger partial charge in [0.05, 0.1) is 23.8 Å². The Morgan fingerprint density at radius 1 is 0.957 bits per heavy atom. The molecule has 0 bridgehead atoms. The number of hydrogen-bond donors (Lipinski definition) is 1. The number of esters is 1. The Morgan fingerprint density at radius 2 is 1.62 bits per heavy atom. The summed E-state index contributed by atoms with van der Waals surface area (Å²) < 4.78 is 19.1. The van der Waals surface area contributed by atoms with Crippen LogP contribution in [-0.2, 0) is 22.4 Å². The number of ether oxygens (including phenoxy) is 3. The maximum atomic E-state index is 13.7. The van der Waals surface area contributed by atoms with Crippen molar-refractivity contribution in [3.63, 3.8) is 0 Å². The van der Waals surface area contributed by atoms with Crippen LogP contribution in [0, 0.1) is 27.7 Å². The summed E-state index contributed by atoms with van der Waals surface area (Å²) in [5.41, 5.74) is 6.49. The van der Waals surface area contributed by atoms with Gasteiger partial charge in [0, 0.05) is 46.0 Å². The summed E-state index contributed by atoms with van der Waals surface area (Å²) >= 11 is 13.3. The summed E-state index contributed by atoms with van der Waals surface area (Å²) in [5, 5.41) is 4.95. The number of rotatable bonds is 12. The van der Waals surface area contributed by atoms with Crippen LogP contribution in [0.1, 0.15) is 79.1 Å². The van der Waals surface area contributed by atoms with Crippen LogP contribution in [0.25, 0.3) is 22.0 Å². The van der Waals surface area contributed by atoms with Crippen molar-refractivity contribution in [2.75, 3.05) is 19.8 Å². The van der Waals surface area contributed by atoms with Gasteiger partial charge in [-0.25, -0.2) is 19.6 Å². The average molecular weight is 684 g/mol. The van der Waals surface area contributed by atoms with Crippen LogP contribution in [0.2, 0.25) is 10.0 Å². The number of aromatic nitrogens is 3. The average Bonchev–Trinajstić information content (AvgIpc) is 3.29. The first kappa shape index (κ1) is 36.0. The van der Waals surface area contributed by atoms with E-state index in [0.717, 1.165) is 60.9 Å². The van der Waals surface area contributed by atoms with Crippen molar-refractivity contribution in [3.05, 3.63) is 74.4 Å². The van der Waals surface area contributed by atoms with Gasteiger partial charge >= 0.3 is 12.1 Å². The van der Waals surface area contributed by atoms with Gasteiger partial charge in [0.1, 0.15) is 23.4 Å². The number of benzene rings is 2. The topological polar surface area (TPSA) is 105 Å². The first-order chi connectivity index (χ1) is 22.2. The molecule has 0 spiro atoms. The SMILES string of the molecule is CCOC(=O)c1c(CCCOc2cc(C)c(Cl)c(C)c2)c2ccc(Cl)c(-c3c(C)ncnc3C)c2n1CCCNC(=O)OC(C)(C)C. The maximum Gasteiger partial charge on any atom is 0.407 e. The van der Waals surface area contributed by atoms with Gasteiger partial charge in [-0.1, -0.05) is 29.3 Å². The third-order valence-electron chi connectivity index (χ3n) is 7.70. The lowest BCUT2D eigenvalue weighted by molar-refractivity contribution is 0.0502. The fourth-order valence-corrected chi connectivity index (χ4v) is 6.12. The number of alkyl carbamates (subject to hydrolysis) is 1. The predicted molar refractivity (Wildman–Crippen MR) is 187 cm³/mol. The van der Waals surface area contributed by atoms with Gasteiger partial charge in [-0.3, -0.25) is 0 Å². The molecule has 2 heterocycles.